The monoisotopic (exact) mass is 835 g/mol. The van der Waals surface area contributed by atoms with Crippen molar-refractivity contribution in [3.05, 3.63) is 202 Å². The summed E-state index contributed by atoms with van der Waals surface area (Å²) in [6.45, 7) is 5.36. The number of methoxy groups -OCH3 is 2. The lowest BCUT2D eigenvalue weighted by molar-refractivity contribution is 0.0678. The standard InChI is InChI=1S/C53H47N4O6/c1-7-56(38-24-30-45-47(32-38)52(60)54(3)50(45)58)37-22-16-34(17-23-37)42(35-18-26-40(62-5)27-19-35)13-11-14-43(36-20-28-41(63-6)29-21-36)44-12-9-10-15-49(44)57(8-2)39-25-31-46-48(33-39)53(61)55(4)51(46)59/h9-33H,7-8H2,1-6H3/q+1. The first-order valence-electron chi connectivity index (χ1n) is 20.8. The fourth-order valence-electron chi connectivity index (χ4n) is 8.28. The number of amides is 4. The molecule has 0 atom stereocenters. The molecule has 63 heavy (non-hydrogen) atoms. The van der Waals surface area contributed by atoms with Gasteiger partial charge in [0.25, 0.3) is 23.6 Å². The number of benzene rings is 6. The highest BCUT2D eigenvalue weighted by Crippen LogP contribution is 2.39. The molecule has 8 rings (SSSR count). The van der Waals surface area contributed by atoms with E-state index in [4.69, 9.17) is 9.47 Å². The number of anilines is 4. The maximum Gasteiger partial charge on any atom is 0.261 e. The first-order valence-corrected chi connectivity index (χ1v) is 20.8. The average molecular weight is 836 g/mol. The highest BCUT2D eigenvalue weighted by atomic mass is 16.5. The van der Waals surface area contributed by atoms with Crippen molar-refractivity contribution in [1.82, 2.24) is 9.80 Å². The van der Waals surface area contributed by atoms with Crippen LogP contribution in [0.15, 0.2) is 152 Å². The smallest absolute Gasteiger partial charge is 0.261 e. The Hall–Kier alpha value is -7.85. The van der Waals surface area contributed by atoms with Crippen LogP contribution in [-0.4, -0.2) is 74.8 Å². The van der Waals surface area contributed by atoms with E-state index in [0.717, 1.165) is 77.8 Å². The third-order valence-electron chi connectivity index (χ3n) is 11.7. The molecular formula is C53H47N4O6+. The van der Waals surface area contributed by atoms with Crippen LogP contribution >= 0.6 is 0 Å². The summed E-state index contributed by atoms with van der Waals surface area (Å²) in [4.78, 5) is 57.8. The molecule has 2 heterocycles. The average Bonchev–Trinajstić information content (AvgIpc) is 3.67. The fourth-order valence-corrected chi connectivity index (χ4v) is 8.28. The largest absolute Gasteiger partial charge is 0.497 e. The van der Waals surface area contributed by atoms with Gasteiger partial charge >= 0.3 is 0 Å². The quantitative estimate of drug-likeness (QED) is 0.0608. The van der Waals surface area contributed by atoms with E-state index in [1.807, 2.05) is 78.9 Å². The molecule has 0 unspecified atom stereocenters. The van der Waals surface area contributed by atoms with E-state index in [2.05, 4.69) is 78.3 Å². The number of fused-ring (bicyclic) bond motifs is 2. The Bertz CT molecular complexity index is 2790. The van der Waals surface area contributed by atoms with Gasteiger partial charge in [0, 0.05) is 74.6 Å². The predicted octanol–water partition coefficient (Wildman–Crippen LogP) is 10.1. The van der Waals surface area contributed by atoms with E-state index in [1.54, 1.807) is 32.4 Å². The molecule has 2 aliphatic heterocycles. The van der Waals surface area contributed by atoms with Gasteiger partial charge in [-0.15, -0.1) is 0 Å². The minimum absolute atomic E-state index is 0.289. The molecule has 0 saturated carbocycles. The Labute approximate surface area is 367 Å². The Balaban J connectivity index is 1.18. The van der Waals surface area contributed by atoms with Gasteiger partial charge in [-0.25, -0.2) is 0 Å². The highest BCUT2D eigenvalue weighted by Gasteiger charge is 2.35. The predicted molar refractivity (Wildman–Crippen MR) is 248 cm³/mol. The van der Waals surface area contributed by atoms with Crippen LogP contribution in [0.25, 0.3) is 5.57 Å². The van der Waals surface area contributed by atoms with E-state index in [9.17, 15) is 19.2 Å². The molecule has 6 aromatic carbocycles. The van der Waals surface area contributed by atoms with Crippen molar-refractivity contribution < 1.29 is 28.7 Å². The van der Waals surface area contributed by atoms with E-state index >= 15 is 0 Å². The summed E-state index contributed by atoms with van der Waals surface area (Å²) in [6.07, 6.45) is 6.29. The molecule has 0 saturated heterocycles. The molecule has 0 aliphatic carbocycles. The molecule has 0 aromatic heterocycles. The number of para-hydroxylation sites is 1. The Kier molecular flexibility index (Phi) is 11.7. The second-order valence-corrected chi connectivity index (χ2v) is 15.2. The number of hydrogen-bond acceptors (Lipinski definition) is 8. The van der Waals surface area contributed by atoms with E-state index in [1.165, 1.54) is 14.1 Å². The van der Waals surface area contributed by atoms with E-state index in [-0.39, 0.29) is 23.6 Å². The van der Waals surface area contributed by atoms with Crippen molar-refractivity contribution in [2.24, 2.45) is 0 Å². The minimum atomic E-state index is -0.310. The first kappa shape index (κ1) is 41.9. The summed E-state index contributed by atoms with van der Waals surface area (Å²) in [6, 6.07) is 43.3. The summed E-state index contributed by atoms with van der Waals surface area (Å²) in [5.41, 5.74) is 10.0. The molecule has 0 spiro atoms. The lowest BCUT2D eigenvalue weighted by Gasteiger charge is -2.25. The number of imide groups is 2. The number of carbonyl (C=O) groups is 4. The summed E-state index contributed by atoms with van der Waals surface area (Å²) in [5.74, 6) is 1.26. The van der Waals surface area contributed by atoms with Crippen LogP contribution in [0.2, 0.25) is 0 Å². The number of hydrogen-bond donors (Lipinski definition) is 0. The Morgan fingerprint density at radius 1 is 0.556 bits per heavy atom. The molecule has 10 nitrogen and oxygen atoms in total. The third-order valence-corrected chi connectivity index (χ3v) is 11.7. The normalized spacial score (nSPS) is 13.5. The van der Waals surface area contributed by atoms with Gasteiger partial charge in [0.2, 0.25) is 0 Å². The zero-order valence-corrected chi connectivity index (χ0v) is 36.1. The number of ether oxygens (including phenoxy) is 2. The highest BCUT2D eigenvalue weighted by molar-refractivity contribution is 6.22. The number of nitrogens with zero attached hydrogens (tertiary/aromatic N) is 4. The van der Waals surface area contributed by atoms with Gasteiger partial charge in [-0.3, -0.25) is 29.0 Å². The number of carbonyl (C=O) groups excluding carboxylic acids is 4. The molecule has 10 heteroatoms. The summed E-state index contributed by atoms with van der Waals surface area (Å²) in [5, 5.41) is 0. The van der Waals surface area contributed by atoms with Crippen molar-refractivity contribution in [2.75, 3.05) is 51.2 Å². The van der Waals surface area contributed by atoms with Crippen molar-refractivity contribution in [1.29, 1.82) is 0 Å². The van der Waals surface area contributed by atoms with Crippen molar-refractivity contribution in [3.8, 4) is 11.5 Å². The van der Waals surface area contributed by atoms with Crippen LogP contribution in [0.3, 0.4) is 0 Å². The Morgan fingerprint density at radius 2 is 1.02 bits per heavy atom. The van der Waals surface area contributed by atoms with Gasteiger partial charge in [-0.1, -0.05) is 24.3 Å². The Morgan fingerprint density at radius 3 is 1.54 bits per heavy atom. The first-order chi connectivity index (χ1) is 30.6. The van der Waals surface area contributed by atoms with Crippen molar-refractivity contribution in [3.63, 3.8) is 0 Å². The van der Waals surface area contributed by atoms with Crippen molar-refractivity contribution >= 4 is 52.0 Å². The van der Waals surface area contributed by atoms with Crippen LogP contribution in [0.5, 0.6) is 11.5 Å². The number of allylic oxidation sites excluding steroid dienone is 3. The molecule has 4 amide bonds. The molecule has 0 radical (unpaired) electrons. The van der Waals surface area contributed by atoms with Gasteiger partial charge in [0.1, 0.15) is 17.2 Å². The summed E-state index contributed by atoms with van der Waals surface area (Å²) < 4.78 is 11.0. The van der Waals surface area contributed by atoms with Crippen LogP contribution in [-0.2, 0) is 0 Å². The van der Waals surface area contributed by atoms with Crippen LogP contribution < -0.4 is 19.3 Å². The molecule has 0 fully saturated rings. The van der Waals surface area contributed by atoms with Gasteiger partial charge in [-0.05, 0) is 128 Å². The van der Waals surface area contributed by atoms with Gasteiger partial charge < -0.3 is 19.3 Å². The lowest BCUT2D eigenvalue weighted by atomic mass is 9.88. The topological polar surface area (TPSA) is 99.7 Å². The molecule has 0 N–H and O–H groups in total. The third kappa shape index (κ3) is 7.83. The maximum absolute atomic E-state index is 13.0. The molecule has 2 aliphatic rings. The summed E-state index contributed by atoms with van der Waals surface area (Å²) >= 11 is 0. The molecule has 6 aromatic rings. The second kappa shape index (κ2) is 17.6. The van der Waals surface area contributed by atoms with E-state index in [0.29, 0.717) is 35.3 Å². The summed E-state index contributed by atoms with van der Waals surface area (Å²) in [7, 11) is 6.31. The van der Waals surface area contributed by atoms with Crippen molar-refractivity contribution in [2.45, 2.75) is 13.8 Å². The van der Waals surface area contributed by atoms with Gasteiger partial charge in [-0.2, -0.15) is 0 Å². The van der Waals surface area contributed by atoms with E-state index < -0.39 is 0 Å². The SMILES string of the molecule is CCN(c1ccc(C(=CC=C[C+](c2ccc(OC)cc2)c2ccccc2N(CC)c2ccc3c(c2)C(=O)N(C)C3=O)c2ccc(OC)cc2)cc1)c1ccc2c(c1)C(=O)N(C)C2=O. The van der Waals surface area contributed by atoms with Crippen LogP contribution in [0.1, 0.15) is 77.5 Å². The molecule has 314 valence electrons. The second-order valence-electron chi connectivity index (χ2n) is 15.2. The van der Waals surface area contributed by atoms with Gasteiger partial charge in [0.05, 0.1) is 53.5 Å². The van der Waals surface area contributed by atoms with Crippen LogP contribution in [0, 0.1) is 5.92 Å². The maximum atomic E-state index is 13.0. The number of rotatable bonds is 14. The zero-order valence-electron chi connectivity index (χ0n) is 36.1. The zero-order chi connectivity index (χ0) is 44.4. The van der Waals surface area contributed by atoms with Crippen LogP contribution in [0.4, 0.5) is 22.7 Å². The lowest BCUT2D eigenvalue weighted by Crippen LogP contribution is -2.24. The minimum Gasteiger partial charge on any atom is -0.497 e. The molecular weight excluding hydrogens is 789 g/mol. The van der Waals surface area contributed by atoms with Gasteiger partial charge in [0.15, 0.2) is 0 Å². The molecule has 0 bridgehead atoms. The fraction of sp³-hybridized carbons (Fsp3) is 0.151.